The number of anilines is 1. The summed E-state index contributed by atoms with van der Waals surface area (Å²) in [5.41, 5.74) is 0.124. The van der Waals surface area contributed by atoms with Crippen molar-refractivity contribution in [1.29, 1.82) is 0 Å². The average molecular weight is 228 g/mol. The average Bonchev–Trinajstić information content (AvgIpc) is 2.85. The minimum atomic E-state index is -0.849. The molecule has 16 heavy (non-hydrogen) atoms. The van der Waals surface area contributed by atoms with Crippen molar-refractivity contribution in [3.8, 4) is 0 Å². The summed E-state index contributed by atoms with van der Waals surface area (Å²) in [4.78, 5) is 16.9. The van der Waals surface area contributed by atoms with Crippen LogP contribution in [0.25, 0.3) is 0 Å². The molecule has 5 nitrogen and oxygen atoms in total. The van der Waals surface area contributed by atoms with E-state index < -0.39 is 12.1 Å². The number of esters is 1. The van der Waals surface area contributed by atoms with Gasteiger partial charge in [0.1, 0.15) is 12.4 Å². The molecule has 1 aliphatic heterocycles. The van der Waals surface area contributed by atoms with E-state index in [1.54, 1.807) is 11.8 Å². The molecule has 0 saturated carbocycles. The summed E-state index contributed by atoms with van der Waals surface area (Å²) in [5.74, 6) is -0.520. The molecule has 2 rings (SSSR count). The van der Waals surface area contributed by atoms with E-state index in [4.69, 9.17) is 9.15 Å². The number of carbonyl (C=O) groups excluding carboxylic acids is 1. The Morgan fingerprint density at radius 1 is 1.81 bits per heavy atom. The summed E-state index contributed by atoms with van der Waals surface area (Å²) in [6.45, 7) is 2.83. The maximum atomic E-state index is 12.9. The first-order chi connectivity index (χ1) is 7.70. The fourth-order valence-corrected chi connectivity index (χ4v) is 1.60. The highest BCUT2D eigenvalue weighted by molar-refractivity contribution is 5.87. The molecule has 0 radical (unpaired) electrons. The molecule has 1 atom stereocenters. The van der Waals surface area contributed by atoms with Crippen molar-refractivity contribution in [1.82, 2.24) is 4.98 Å². The molecule has 0 spiro atoms. The summed E-state index contributed by atoms with van der Waals surface area (Å²) in [5, 5.41) is 0. The zero-order chi connectivity index (χ0) is 11.5. The van der Waals surface area contributed by atoms with Crippen LogP contribution in [-0.4, -0.2) is 36.8 Å². The first kappa shape index (κ1) is 10.9. The van der Waals surface area contributed by atoms with Crippen molar-refractivity contribution in [3.05, 3.63) is 12.0 Å². The van der Waals surface area contributed by atoms with Crippen LogP contribution in [0, 0.1) is 0 Å². The number of carbonyl (C=O) groups is 1. The summed E-state index contributed by atoms with van der Waals surface area (Å²) in [6, 6.07) is 0.281. The van der Waals surface area contributed by atoms with Crippen LogP contribution in [0.2, 0.25) is 0 Å². The summed E-state index contributed by atoms with van der Waals surface area (Å²) >= 11 is 0. The lowest BCUT2D eigenvalue weighted by molar-refractivity contribution is 0.0519. The van der Waals surface area contributed by atoms with E-state index >= 15 is 0 Å². The third-order valence-electron chi connectivity index (χ3n) is 2.38. The van der Waals surface area contributed by atoms with Gasteiger partial charge in [0.25, 0.3) is 6.01 Å². The van der Waals surface area contributed by atoms with E-state index in [1.807, 2.05) is 0 Å². The Bertz CT molecular complexity index is 380. The topological polar surface area (TPSA) is 55.6 Å². The Labute approximate surface area is 92.2 Å². The fraction of sp³-hybridized carbons (Fsp3) is 0.600. The highest BCUT2D eigenvalue weighted by Crippen LogP contribution is 2.21. The zero-order valence-corrected chi connectivity index (χ0v) is 8.98. The van der Waals surface area contributed by atoms with Crippen molar-refractivity contribution in [3.63, 3.8) is 0 Å². The summed E-state index contributed by atoms with van der Waals surface area (Å²) in [7, 11) is 0. The number of hydrogen-bond donors (Lipinski definition) is 0. The van der Waals surface area contributed by atoms with E-state index in [9.17, 15) is 9.18 Å². The molecule has 1 aliphatic rings. The highest BCUT2D eigenvalue weighted by Gasteiger charge is 2.26. The van der Waals surface area contributed by atoms with Crippen LogP contribution in [0.1, 0.15) is 23.8 Å². The number of nitrogens with zero attached hydrogens (tertiary/aromatic N) is 2. The molecule has 1 saturated heterocycles. The molecule has 1 fully saturated rings. The number of alkyl halides is 1. The minimum absolute atomic E-state index is 0.124. The number of aromatic nitrogens is 1. The second-order valence-corrected chi connectivity index (χ2v) is 3.57. The van der Waals surface area contributed by atoms with Gasteiger partial charge in [-0.05, 0) is 13.3 Å². The maximum Gasteiger partial charge on any atom is 0.360 e. The van der Waals surface area contributed by atoms with E-state index in [0.29, 0.717) is 13.0 Å². The molecule has 0 aliphatic carbocycles. The van der Waals surface area contributed by atoms with Crippen LogP contribution < -0.4 is 4.90 Å². The zero-order valence-electron chi connectivity index (χ0n) is 8.98. The Kier molecular flexibility index (Phi) is 3.07. The lowest BCUT2D eigenvalue weighted by Crippen LogP contribution is -2.20. The molecule has 0 unspecified atom stereocenters. The predicted octanol–water partition coefficient (Wildman–Crippen LogP) is 1.40. The van der Waals surface area contributed by atoms with Crippen molar-refractivity contribution >= 4 is 12.0 Å². The van der Waals surface area contributed by atoms with Crippen LogP contribution in [0.4, 0.5) is 10.4 Å². The molecule has 1 aromatic rings. The predicted molar refractivity (Wildman–Crippen MR) is 54.2 cm³/mol. The third-order valence-corrected chi connectivity index (χ3v) is 2.38. The molecular formula is C10H13FN2O3. The van der Waals surface area contributed by atoms with Gasteiger partial charge in [-0.25, -0.2) is 9.18 Å². The molecule has 0 aromatic carbocycles. The van der Waals surface area contributed by atoms with Crippen molar-refractivity contribution in [2.75, 3.05) is 24.6 Å². The van der Waals surface area contributed by atoms with Gasteiger partial charge >= 0.3 is 5.97 Å². The van der Waals surface area contributed by atoms with Gasteiger partial charge in [0.05, 0.1) is 13.2 Å². The lowest BCUT2D eigenvalue weighted by atomic mass is 10.3. The Hall–Kier alpha value is -1.59. The smallest absolute Gasteiger partial charge is 0.360 e. The van der Waals surface area contributed by atoms with E-state index in [0.717, 1.165) is 0 Å². The third kappa shape index (κ3) is 2.15. The maximum absolute atomic E-state index is 12.9. The van der Waals surface area contributed by atoms with Crippen molar-refractivity contribution in [2.24, 2.45) is 0 Å². The SMILES string of the molecule is CCOC(=O)c1coc(N2CC[C@@H](F)C2)n1. The van der Waals surface area contributed by atoms with Gasteiger partial charge in [0.15, 0.2) is 5.69 Å². The molecule has 88 valence electrons. The van der Waals surface area contributed by atoms with Crippen LogP contribution >= 0.6 is 0 Å². The highest BCUT2D eigenvalue weighted by atomic mass is 19.1. The molecule has 1 aromatic heterocycles. The minimum Gasteiger partial charge on any atom is -0.461 e. The summed E-state index contributed by atoms with van der Waals surface area (Å²) < 4.78 is 22.8. The molecular weight excluding hydrogens is 215 g/mol. The second kappa shape index (κ2) is 4.51. The van der Waals surface area contributed by atoms with E-state index in [2.05, 4.69) is 4.98 Å². The first-order valence-corrected chi connectivity index (χ1v) is 5.22. The van der Waals surface area contributed by atoms with Crippen molar-refractivity contribution < 1.29 is 18.3 Å². The molecule has 0 bridgehead atoms. The number of oxazole rings is 1. The normalized spacial score (nSPS) is 20.1. The number of hydrogen-bond acceptors (Lipinski definition) is 5. The fourth-order valence-electron chi connectivity index (χ4n) is 1.60. The van der Waals surface area contributed by atoms with Gasteiger partial charge in [-0.1, -0.05) is 0 Å². The molecule has 0 N–H and O–H groups in total. The quantitative estimate of drug-likeness (QED) is 0.732. The van der Waals surface area contributed by atoms with Crippen molar-refractivity contribution in [2.45, 2.75) is 19.5 Å². The molecule has 2 heterocycles. The van der Waals surface area contributed by atoms with Crippen LogP contribution in [0.3, 0.4) is 0 Å². The lowest BCUT2D eigenvalue weighted by Gasteiger charge is -2.10. The van der Waals surface area contributed by atoms with Crippen LogP contribution in [0.15, 0.2) is 10.7 Å². The Balaban J connectivity index is 2.04. The van der Waals surface area contributed by atoms with E-state index in [-0.39, 0.29) is 24.9 Å². The van der Waals surface area contributed by atoms with Crippen LogP contribution in [0.5, 0.6) is 0 Å². The number of halogens is 1. The Morgan fingerprint density at radius 2 is 2.62 bits per heavy atom. The van der Waals surface area contributed by atoms with E-state index in [1.165, 1.54) is 6.26 Å². The molecule has 6 heteroatoms. The van der Waals surface area contributed by atoms with Gasteiger partial charge in [-0.3, -0.25) is 0 Å². The van der Waals surface area contributed by atoms with Gasteiger partial charge in [0.2, 0.25) is 0 Å². The van der Waals surface area contributed by atoms with Gasteiger partial charge in [-0.2, -0.15) is 4.98 Å². The van der Waals surface area contributed by atoms with Gasteiger partial charge < -0.3 is 14.1 Å². The first-order valence-electron chi connectivity index (χ1n) is 5.22. The second-order valence-electron chi connectivity index (χ2n) is 3.57. The van der Waals surface area contributed by atoms with Crippen LogP contribution in [-0.2, 0) is 4.74 Å². The van der Waals surface area contributed by atoms with Gasteiger partial charge in [-0.15, -0.1) is 0 Å². The summed E-state index contributed by atoms with van der Waals surface area (Å²) in [6.07, 6.45) is 0.855. The Morgan fingerprint density at radius 3 is 3.25 bits per heavy atom. The number of rotatable bonds is 3. The van der Waals surface area contributed by atoms with Gasteiger partial charge in [0, 0.05) is 6.54 Å². The molecule has 0 amide bonds. The number of ether oxygens (including phenoxy) is 1. The standard InChI is InChI=1S/C10H13FN2O3/c1-2-15-9(14)8-6-16-10(12-8)13-4-3-7(11)5-13/h6-7H,2-5H2,1H3/t7-/m1/s1. The monoisotopic (exact) mass is 228 g/mol. The largest absolute Gasteiger partial charge is 0.461 e.